The van der Waals surface area contributed by atoms with Gasteiger partial charge in [-0.25, -0.2) is 0 Å². The summed E-state index contributed by atoms with van der Waals surface area (Å²) in [5, 5.41) is 2.48. The Morgan fingerprint density at radius 1 is 1.45 bits per heavy atom. The number of aldehydes is 1. The zero-order valence-electron chi connectivity index (χ0n) is 12.0. The van der Waals surface area contributed by atoms with Crippen molar-refractivity contribution in [3.8, 4) is 0 Å². The lowest BCUT2D eigenvalue weighted by molar-refractivity contribution is -0.128. The Hall–Kier alpha value is -0.830. The van der Waals surface area contributed by atoms with E-state index in [1.165, 1.54) is 0 Å². The highest BCUT2D eigenvalue weighted by Crippen LogP contribution is 2.16. The Kier molecular flexibility index (Phi) is 8.79. The molecule has 0 spiro atoms. The second kappa shape index (κ2) is 9.17. The van der Waals surface area contributed by atoms with Crippen LogP contribution in [0, 0.1) is 5.92 Å². The molecule has 0 bridgehead atoms. The maximum atomic E-state index is 12.0. The van der Waals surface area contributed by atoms with Gasteiger partial charge in [0.05, 0.1) is 6.04 Å². The van der Waals surface area contributed by atoms with Gasteiger partial charge in [-0.05, 0) is 25.3 Å². The lowest BCUT2D eigenvalue weighted by Gasteiger charge is -2.34. The zero-order valence-corrected chi connectivity index (χ0v) is 12.8. The van der Waals surface area contributed by atoms with Crippen LogP contribution in [0.25, 0.3) is 0 Å². The van der Waals surface area contributed by atoms with Crippen molar-refractivity contribution in [2.45, 2.75) is 44.7 Å². The monoisotopic (exact) mass is 306 g/mol. The third-order valence-electron chi connectivity index (χ3n) is 3.26. The molecule has 0 rings (SSSR count). The summed E-state index contributed by atoms with van der Waals surface area (Å²) >= 11 is -2.45. The number of nitrogens with one attached hydrogen (secondary N) is 1. The fraction of sp³-hybridized carbons (Fsp3) is 0.833. The first kappa shape index (κ1) is 19.2. The molecule has 0 fully saturated rings. The molecule has 8 heteroatoms. The van der Waals surface area contributed by atoms with Gasteiger partial charge in [0.25, 0.3) is 0 Å². The topological polar surface area (TPSA) is 138 Å². The molecule has 20 heavy (non-hydrogen) atoms. The first-order valence-electron chi connectivity index (χ1n) is 6.59. The highest BCUT2D eigenvalue weighted by atomic mass is 32.2. The van der Waals surface area contributed by atoms with Crippen LogP contribution in [0.2, 0.25) is 0 Å². The van der Waals surface area contributed by atoms with Crippen molar-refractivity contribution < 1.29 is 18.4 Å². The maximum absolute atomic E-state index is 12.0. The predicted octanol–water partition coefficient (Wildman–Crippen LogP) is -0.968. The molecule has 0 radical (unpaired) electrons. The van der Waals surface area contributed by atoms with Gasteiger partial charge in [-0.1, -0.05) is 31.3 Å². The third-order valence-corrected chi connectivity index (χ3v) is 3.97. The fourth-order valence-electron chi connectivity index (χ4n) is 1.70. The largest absolute Gasteiger partial charge is 0.772 e. The second-order valence-corrected chi connectivity index (χ2v) is 6.04. The van der Waals surface area contributed by atoms with E-state index in [9.17, 15) is 18.4 Å². The van der Waals surface area contributed by atoms with E-state index in [1.54, 1.807) is 13.8 Å². The number of carbonyl (C=O) groups excluding carboxylic acids is 2. The van der Waals surface area contributed by atoms with E-state index in [0.29, 0.717) is 25.7 Å². The molecule has 0 aliphatic heterocycles. The van der Waals surface area contributed by atoms with Crippen LogP contribution >= 0.6 is 0 Å². The molecule has 0 saturated heterocycles. The number of carbonyl (C=O) groups is 2. The van der Waals surface area contributed by atoms with Gasteiger partial charge in [-0.2, -0.15) is 0 Å². The minimum Gasteiger partial charge on any atom is -0.772 e. The minimum absolute atomic E-state index is 0.363. The third kappa shape index (κ3) is 6.08. The standard InChI is InChI=1S/C12H25N3O4S/c1-9(2)12(7-16,8-20(18)19)15-11(17)10(14)5-3-4-6-13/h7,9-10H,3-6,8,13-14H2,1-2H3,(H,15,17)(H,18,19)/p-1/t10-,12-/m0/s1. The van der Waals surface area contributed by atoms with Crippen molar-refractivity contribution in [1.29, 1.82) is 0 Å². The Balaban J connectivity index is 4.76. The predicted molar refractivity (Wildman–Crippen MR) is 76.4 cm³/mol. The zero-order chi connectivity index (χ0) is 15.8. The maximum Gasteiger partial charge on any atom is 0.237 e. The Bertz CT molecular complexity index is 352. The van der Waals surface area contributed by atoms with Gasteiger partial charge in [0.15, 0.2) is 0 Å². The van der Waals surface area contributed by atoms with Gasteiger partial charge < -0.3 is 26.1 Å². The summed E-state index contributed by atoms with van der Waals surface area (Å²) in [4.78, 5) is 23.2. The summed E-state index contributed by atoms with van der Waals surface area (Å²) in [6.45, 7) is 3.86. The van der Waals surface area contributed by atoms with E-state index in [-0.39, 0.29) is 5.92 Å². The molecule has 3 atom stereocenters. The number of amides is 1. The van der Waals surface area contributed by atoms with Crippen LogP contribution in [0.5, 0.6) is 0 Å². The minimum atomic E-state index is -2.45. The van der Waals surface area contributed by atoms with Gasteiger partial charge in [-0.3, -0.25) is 9.00 Å². The molecule has 0 aliphatic rings. The number of nitrogens with two attached hydrogens (primary N) is 2. The SMILES string of the molecule is CC(C)[C@](C=O)(CS(=O)[O-])NC(=O)[C@@H](N)CCCCN. The molecule has 7 nitrogen and oxygen atoms in total. The van der Waals surface area contributed by atoms with Crippen LogP contribution in [0.15, 0.2) is 0 Å². The molecule has 0 aromatic rings. The molecule has 5 N–H and O–H groups in total. The van der Waals surface area contributed by atoms with Crippen molar-refractivity contribution in [2.24, 2.45) is 17.4 Å². The second-order valence-electron chi connectivity index (χ2n) is 5.14. The Morgan fingerprint density at radius 2 is 2.05 bits per heavy atom. The number of hydrogen-bond acceptors (Lipinski definition) is 6. The molecular formula is C12H24N3O4S-. The Morgan fingerprint density at radius 3 is 2.45 bits per heavy atom. The smallest absolute Gasteiger partial charge is 0.237 e. The van der Waals surface area contributed by atoms with Crippen LogP contribution in [-0.2, 0) is 20.7 Å². The van der Waals surface area contributed by atoms with Crippen LogP contribution in [0.1, 0.15) is 33.1 Å². The normalized spacial score (nSPS) is 17.3. The van der Waals surface area contributed by atoms with E-state index in [2.05, 4.69) is 5.32 Å². The van der Waals surface area contributed by atoms with Gasteiger partial charge in [0.1, 0.15) is 11.8 Å². The van der Waals surface area contributed by atoms with E-state index in [1.807, 2.05) is 0 Å². The summed E-state index contributed by atoms with van der Waals surface area (Å²) in [6, 6.07) is -0.778. The average molecular weight is 306 g/mol. The first-order chi connectivity index (χ1) is 9.29. The molecule has 1 unspecified atom stereocenters. The summed E-state index contributed by atoms with van der Waals surface area (Å²) in [7, 11) is 0. The van der Waals surface area contributed by atoms with Gasteiger partial charge in [0, 0.05) is 5.75 Å². The van der Waals surface area contributed by atoms with E-state index in [0.717, 1.165) is 6.42 Å². The van der Waals surface area contributed by atoms with Crippen LogP contribution in [0.3, 0.4) is 0 Å². The number of hydrogen-bond donors (Lipinski definition) is 3. The van der Waals surface area contributed by atoms with Crippen LogP contribution < -0.4 is 16.8 Å². The van der Waals surface area contributed by atoms with Crippen molar-refractivity contribution in [3.05, 3.63) is 0 Å². The molecular weight excluding hydrogens is 282 g/mol. The molecule has 1 amide bonds. The number of rotatable bonds is 10. The van der Waals surface area contributed by atoms with Crippen molar-refractivity contribution in [2.75, 3.05) is 12.3 Å². The molecule has 0 aromatic carbocycles. The van der Waals surface area contributed by atoms with Crippen LogP contribution in [-0.4, -0.2) is 44.8 Å². The van der Waals surface area contributed by atoms with E-state index in [4.69, 9.17) is 11.5 Å². The molecule has 118 valence electrons. The summed E-state index contributed by atoms with van der Waals surface area (Å²) in [6.07, 6.45) is 2.37. The van der Waals surface area contributed by atoms with E-state index < -0.39 is 34.3 Å². The molecule has 0 aliphatic carbocycles. The first-order valence-corrected chi connectivity index (χ1v) is 7.83. The summed E-state index contributed by atoms with van der Waals surface area (Å²) in [5.41, 5.74) is 9.65. The Labute approximate surface area is 122 Å². The van der Waals surface area contributed by atoms with Gasteiger partial charge >= 0.3 is 0 Å². The highest BCUT2D eigenvalue weighted by Gasteiger charge is 2.36. The fourth-order valence-corrected chi connectivity index (χ4v) is 2.57. The lowest BCUT2D eigenvalue weighted by Crippen LogP contribution is -2.60. The van der Waals surface area contributed by atoms with Gasteiger partial charge in [-0.15, -0.1) is 0 Å². The quantitative estimate of drug-likeness (QED) is 0.270. The highest BCUT2D eigenvalue weighted by molar-refractivity contribution is 7.79. The molecule has 0 heterocycles. The lowest BCUT2D eigenvalue weighted by atomic mass is 9.89. The average Bonchev–Trinajstić information content (AvgIpc) is 2.36. The summed E-state index contributed by atoms with van der Waals surface area (Å²) in [5.74, 6) is -1.35. The van der Waals surface area contributed by atoms with Crippen LogP contribution in [0.4, 0.5) is 0 Å². The van der Waals surface area contributed by atoms with Crippen molar-refractivity contribution >= 4 is 23.3 Å². The summed E-state index contributed by atoms with van der Waals surface area (Å²) < 4.78 is 21.8. The van der Waals surface area contributed by atoms with Gasteiger partial charge in [0.2, 0.25) is 5.91 Å². The molecule has 0 aromatic heterocycles. The molecule has 0 saturated carbocycles. The van der Waals surface area contributed by atoms with Crippen molar-refractivity contribution in [1.82, 2.24) is 5.32 Å². The van der Waals surface area contributed by atoms with E-state index >= 15 is 0 Å². The number of unbranched alkanes of at least 4 members (excludes halogenated alkanes) is 1. The van der Waals surface area contributed by atoms with Crippen molar-refractivity contribution in [3.63, 3.8) is 0 Å².